The second-order valence-electron chi connectivity index (χ2n) is 5.47. The van der Waals surface area contributed by atoms with Crippen LogP contribution >= 0.6 is 11.6 Å². The number of rotatable bonds is 3. The van der Waals surface area contributed by atoms with Gasteiger partial charge in [-0.05, 0) is 37.5 Å². The van der Waals surface area contributed by atoms with Crippen molar-refractivity contribution in [3.63, 3.8) is 0 Å². The molecule has 0 saturated heterocycles. The van der Waals surface area contributed by atoms with Crippen LogP contribution in [-0.2, 0) is 4.79 Å². The van der Waals surface area contributed by atoms with E-state index in [4.69, 9.17) is 17.3 Å². The summed E-state index contributed by atoms with van der Waals surface area (Å²) in [4.78, 5) is 12.3. The molecule has 0 bridgehead atoms. The van der Waals surface area contributed by atoms with E-state index in [1.54, 1.807) is 0 Å². The van der Waals surface area contributed by atoms with E-state index < -0.39 is 5.54 Å². The first-order valence-corrected chi connectivity index (χ1v) is 7.24. The highest BCUT2D eigenvalue weighted by Gasteiger charge is 2.35. The Morgan fingerprint density at radius 2 is 2.05 bits per heavy atom. The summed E-state index contributed by atoms with van der Waals surface area (Å²) >= 11 is 5.96. The minimum atomic E-state index is -0.689. The minimum absolute atomic E-state index is 0.0420. The zero-order valence-electron chi connectivity index (χ0n) is 11.3. The molecule has 1 aliphatic rings. The van der Waals surface area contributed by atoms with Crippen LogP contribution in [0.25, 0.3) is 0 Å². The summed E-state index contributed by atoms with van der Waals surface area (Å²) < 4.78 is 0. The van der Waals surface area contributed by atoms with E-state index in [-0.39, 0.29) is 11.9 Å². The van der Waals surface area contributed by atoms with Gasteiger partial charge in [0, 0.05) is 5.02 Å². The Bertz CT molecular complexity index is 455. The van der Waals surface area contributed by atoms with E-state index in [0.29, 0.717) is 5.02 Å². The molecule has 4 heteroatoms. The van der Waals surface area contributed by atoms with Gasteiger partial charge in [-0.3, -0.25) is 4.79 Å². The summed E-state index contributed by atoms with van der Waals surface area (Å²) in [6.07, 6.45) is 4.81. The van der Waals surface area contributed by atoms with Crippen LogP contribution in [0.15, 0.2) is 24.3 Å². The first-order valence-electron chi connectivity index (χ1n) is 6.86. The Kier molecular flexibility index (Phi) is 4.48. The van der Waals surface area contributed by atoms with E-state index in [1.165, 1.54) is 6.42 Å². The first kappa shape index (κ1) is 14.4. The monoisotopic (exact) mass is 280 g/mol. The molecular formula is C15H21ClN2O. The summed E-state index contributed by atoms with van der Waals surface area (Å²) in [5.41, 5.74) is 6.53. The molecule has 1 aromatic carbocycles. The van der Waals surface area contributed by atoms with Gasteiger partial charge in [-0.1, -0.05) is 43.0 Å². The van der Waals surface area contributed by atoms with Crippen molar-refractivity contribution in [1.29, 1.82) is 0 Å². The van der Waals surface area contributed by atoms with Gasteiger partial charge in [0.1, 0.15) is 0 Å². The van der Waals surface area contributed by atoms with Gasteiger partial charge in [0.15, 0.2) is 0 Å². The Labute approximate surface area is 119 Å². The zero-order valence-corrected chi connectivity index (χ0v) is 12.0. The third kappa shape index (κ3) is 3.48. The number of halogens is 1. The third-order valence-corrected chi connectivity index (χ3v) is 4.13. The van der Waals surface area contributed by atoms with Gasteiger partial charge in [0.05, 0.1) is 11.6 Å². The number of benzene rings is 1. The smallest absolute Gasteiger partial charge is 0.240 e. The molecule has 0 aliphatic heterocycles. The number of amides is 1. The molecule has 1 aliphatic carbocycles. The molecular weight excluding hydrogens is 260 g/mol. The summed E-state index contributed by atoms with van der Waals surface area (Å²) in [5, 5.41) is 3.69. The van der Waals surface area contributed by atoms with Crippen molar-refractivity contribution in [3.8, 4) is 0 Å². The lowest BCUT2D eigenvalue weighted by Crippen LogP contribution is -2.55. The highest BCUT2D eigenvalue weighted by atomic mass is 35.5. The largest absolute Gasteiger partial charge is 0.348 e. The number of nitrogens with two attached hydrogens (primary N) is 1. The Balaban J connectivity index is 2.02. The van der Waals surface area contributed by atoms with E-state index in [9.17, 15) is 4.79 Å². The molecule has 0 heterocycles. The van der Waals surface area contributed by atoms with Crippen molar-refractivity contribution in [1.82, 2.24) is 5.32 Å². The lowest BCUT2D eigenvalue weighted by molar-refractivity contribution is -0.128. The van der Waals surface area contributed by atoms with Gasteiger partial charge < -0.3 is 11.1 Å². The third-order valence-electron chi connectivity index (χ3n) is 3.89. The van der Waals surface area contributed by atoms with Crippen molar-refractivity contribution >= 4 is 17.5 Å². The molecule has 1 atom stereocenters. The first-order chi connectivity index (χ1) is 9.01. The zero-order chi connectivity index (χ0) is 13.9. The highest BCUT2D eigenvalue weighted by Crippen LogP contribution is 2.27. The van der Waals surface area contributed by atoms with Crippen LogP contribution in [0.5, 0.6) is 0 Å². The molecule has 1 fully saturated rings. The fraction of sp³-hybridized carbons (Fsp3) is 0.533. The average Bonchev–Trinajstić information content (AvgIpc) is 2.39. The van der Waals surface area contributed by atoms with Crippen LogP contribution in [0, 0.1) is 0 Å². The number of hydrogen-bond acceptors (Lipinski definition) is 2. The van der Waals surface area contributed by atoms with Crippen molar-refractivity contribution in [2.75, 3.05) is 0 Å². The fourth-order valence-corrected chi connectivity index (χ4v) is 2.81. The molecule has 3 nitrogen and oxygen atoms in total. The lowest BCUT2D eigenvalue weighted by atomic mass is 9.81. The normalized spacial score (nSPS) is 19.7. The molecule has 104 valence electrons. The second kappa shape index (κ2) is 5.93. The van der Waals surface area contributed by atoms with Gasteiger partial charge in [0.2, 0.25) is 5.91 Å². The Morgan fingerprint density at radius 1 is 1.37 bits per heavy atom. The van der Waals surface area contributed by atoms with Gasteiger partial charge >= 0.3 is 0 Å². The Hall–Kier alpha value is -1.06. The molecule has 0 aromatic heterocycles. The summed E-state index contributed by atoms with van der Waals surface area (Å²) in [7, 11) is 0. The number of nitrogens with one attached hydrogen (secondary N) is 1. The summed E-state index contributed by atoms with van der Waals surface area (Å²) in [6.45, 7) is 1.95. The quantitative estimate of drug-likeness (QED) is 0.893. The molecule has 0 spiro atoms. The van der Waals surface area contributed by atoms with Crippen LogP contribution in [0.2, 0.25) is 5.02 Å². The SMILES string of the molecule is C[C@@H](NC(=O)C1(N)CCCCC1)c1cccc(Cl)c1. The van der Waals surface area contributed by atoms with E-state index in [2.05, 4.69) is 5.32 Å². The molecule has 19 heavy (non-hydrogen) atoms. The second-order valence-corrected chi connectivity index (χ2v) is 5.90. The van der Waals surface area contributed by atoms with Crippen LogP contribution in [-0.4, -0.2) is 11.4 Å². The highest BCUT2D eigenvalue weighted by molar-refractivity contribution is 6.30. The molecule has 0 radical (unpaired) electrons. The van der Waals surface area contributed by atoms with Gasteiger partial charge in [0.25, 0.3) is 0 Å². The van der Waals surface area contributed by atoms with Crippen LogP contribution in [0.1, 0.15) is 50.6 Å². The predicted molar refractivity (Wildman–Crippen MR) is 78.0 cm³/mol. The topological polar surface area (TPSA) is 55.1 Å². The van der Waals surface area contributed by atoms with Crippen molar-refractivity contribution in [2.24, 2.45) is 5.73 Å². The lowest BCUT2D eigenvalue weighted by Gasteiger charge is -2.33. The maximum Gasteiger partial charge on any atom is 0.240 e. The van der Waals surface area contributed by atoms with Gasteiger partial charge in [-0.15, -0.1) is 0 Å². The van der Waals surface area contributed by atoms with Crippen LogP contribution in [0.4, 0.5) is 0 Å². The minimum Gasteiger partial charge on any atom is -0.348 e. The summed E-state index contributed by atoms with van der Waals surface area (Å²) in [5.74, 6) is -0.0420. The standard InChI is InChI=1S/C15H21ClN2O/c1-11(12-6-5-7-13(16)10-12)18-14(19)15(17)8-3-2-4-9-15/h5-7,10-11H,2-4,8-9,17H2,1H3,(H,18,19)/t11-/m1/s1. The predicted octanol–water partition coefficient (Wildman–Crippen LogP) is 3.18. The van der Waals surface area contributed by atoms with E-state index in [0.717, 1.165) is 31.2 Å². The molecule has 1 saturated carbocycles. The number of hydrogen-bond donors (Lipinski definition) is 2. The average molecular weight is 281 g/mol. The fourth-order valence-electron chi connectivity index (χ4n) is 2.61. The van der Waals surface area contributed by atoms with Crippen LogP contribution < -0.4 is 11.1 Å². The van der Waals surface area contributed by atoms with Crippen molar-refractivity contribution in [2.45, 2.75) is 50.6 Å². The number of carbonyl (C=O) groups excluding carboxylic acids is 1. The van der Waals surface area contributed by atoms with Crippen molar-refractivity contribution in [3.05, 3.63) is 34.9 Å². The Morgan fingerprint density at radius 3 is 2.68 bits per heavy atom. The van der Waals surface area contributed by atoms with Crippen molar-refractivity contribution < 1.29 is 4.79 Å². The maximum atomic E-state index is 12.3. The molecule has 1 aromatic rings. The van der Waals surface area contributed by atoms with Gasteiger partial charge in [-0.2, -0.15) is 0 Å². The molecule has 3 N–H and O–H groups in total. The summed E-state index contributed by atoms with van der Waals surface area (Å²) in [6, 6.07) is 7.47. The van der Waals surface area contributed by atoms with E-state index >= 15 is 0 Å². The maximum absolute atomic E-state index is 12.3. The molecule has 2 rings (SSSR count). The molecule has 0 unspecified atom stereocenters. The molecule has 1 amide bonds. The van der Waals surface area contributed by atoms with E-state index in [1.807, 2.05) is 31.2 Å². The van der Waals surface area contributed by atoms with Crippen LogP contribution in [0.3, 0.4) is 0 Å². The van der Waals surface area contributed by atoms with Gasteiger partial charge in [-0.25, -0.2) is 0 Å². The number of carbonyl (C=O) groups is 1.